The van der Waals surface area contributed by atoms with E-state index < -0.39 is 0 Å². The van der Waals surface area contributed by atoms with Crippen LogP contribution in [0.1, 0.15) is 131 Å². The molecule has 2 nitrogen and oxygen atoms in total. The van der Waals surface area contributed by atoms with Gasteiger partial charge in [-0.15, -0.1) is 22.7 Å². The van der Waals surface area contributed by atoms with Gasteiger partial charge in [0.1, 0.15) is 0 Å². The molecule has 4 rings (SSSR count). The van der Waals surface area contributed by atoms with Gasteiger partial charge < -0.3 is 41.0 Å². The Morgan fingerprint density at radius 3 is 1.47 bits per heavy atom. The summed E-state index contributed by atoms with van der Waals surface area (Å²) in [6, 6.07) is 12.7. The molecule has 2 aromatic rings. The van der Waals surface area contributed by atoms with E-state index in [1.165, 1.54) is 44.9 Å². The quantitative estimate of drug-likeness (QED) is 0.188. The molecular formula is C38H66FeN2P2-6. The molecule has 2 aliphatic rings. The van der Waals surface area contributed by atoms with Gasteiger partial charge in [0, 0.05) is 17.1 Å². The first-order valence-corrected chi connectivity index (χ1v) is 18.9. The summed E-state index contributed by atoms with van der Waals surface area (Å²) in [5.74, 6) is 1.32. The molecule has 0 amide bonds. The van der Waals surface area contributed by atoms with Crippen molar-refractivity contribution in [1.29, 1.82) is 0 Å². The summed E-state index contributed by atoms with van der Waals surface area (Å²) in [6.45, 7) is 34.4. The standard InChI is InChI=1S/C33H61N2P2.C5H5.Fe/c1-29(2,3)27-19-26(33(36,23-15-13-17-34-20-23)24-16-14-18-35-21-24)25(28(27)30(4,5)6)22-37(31(7,8)9)32(10,11)12;1-2-4-5-3-1;/h19,23-24,34-35H,13-18,20-22,36H2,1-12H3;1-5H;/q-1;-5;. The number of hydrogen-bond donors (Lipinski definition) is 2. The van der Waals surface area contributed by atoms with Crippen LogP contribution in [0.15, 0.2) is 36.4 Å². The fourth-order valence-corrected chi connectivity index (χ4v) is 12.3. The Kier molecular flexibility index (Phi) is 13.9. The maximum absolute atomic E-state index is 3.81. The van der Waals surface area contributed by atoms with Gasteiger partial charge >= 0.3 is 0 Å². The third-order valence-corrected chi connectivity index (χ3v) is 14.8. The molecule has 2 heterocycles. The van der Waals surface area contributed by atoms with Crippen molar-refractivity contribution in [3.8, 4) is 0 Å². The van der Waals surface area contributed by atoms with Gasteiger partial charge in [0.15, 0.2) is 0 Å². The van der Waals surface area contributed by atoms with Crippen molar-refractivity contribution in [3.05, 3.63) is 58.7 Å². The Hall–Kier alpha value is -0.000519. The molecule has 0 bridgehead atoms. The number of piperidine rings is 2. The third-order valence-electron chi connectivity index (χ3n) is 9.65. The molecule has 252 valence electrons. The first-order valence-electron chi connectivity index (χ1n) is 16.8. The summed E-state index contributed by atoms with van der Waals surface area (Å²) < 4.78 is 0. The zero-order valence-corrected chi connectivity index (χ0v) is 33.0. The minimum atomic E-state index is -0.244. The van der Waals surface area contributed by atoms with Gasteiger partial charge in [0.2, 0.25) is 0 Å². The smallest absolute Gasteiger partial charge is 0 e. The first-order chi connectivity index (χ1) is 19.3. The van der Waals surface area contributed by atoms with E-state index in [1.54, 1.807) is 22.3 Å². The van der Waals surface area contributed by atoms with E-state index in [4.69, 9.17) is 0 Å². The molecule has 2 saturated heterocycles. The van der Waals surface area contributed by atoms with Crippen LogP contribution in [0.2, 0.25) is 0 Å². The van der Waals surface area contributed by atoms with Gasteiger partial charge in [-0.3, -0.25) is 0 Å². The van der Waals surface area contributed by atoms with Crippen molar-refractivity contribution in [2.45, 2.75) is 141 Å². The summed E-state index contributed by atoms with van der Waals surface area (Å²) in [6.07, 6.45) is 6.50. The van der Waals surface area contributed by atoms with Gasteiger partial charge in [-0.2, -0.15) is 16.7 Å². The molecule has 0 aromatic heterocycles. The van der Waals surface area contributed by atoms with Crippen LogP contribution in [-0.4, -0.2) is 36.5 Å². The second-order valence-electron chi connectivity index (χ2n) is 17.2. The van der Waals surface area contributed by atoms with Crippen LogP contribution >= 0.6 is 17.2 Å². The summed E-state index contributed by atoms with van der Waals surface area (Å²) >= 11 is 0. The maximum Gasteiger partial charge on any atom is 0 e. The molecule has 2 aromatic carbocycles. The fourth-order valence-electron chi connectivity index (χ4n) is 7.85. The predicted octanol–water partition coefficient (Wildman–Crippen LogP) is 10.1. The van der Waals surface area contributed by atoms with Crippen molar-refractivity contribution >= 4 is 17.2 Å². The minimum absolute atomic E-state index is 0. The molecule has 2 aliphatic heterocycles. The van der Waals surface area contributed by atoms with Crippen LogP contribution in [0.3, 0.4) is 0 Å². The first kappa shape index (κ1) is 39.2. The fraction of sp³-hybridized carbons (Fsp3) is 0.737. The Bertz CT molecular complexity index is 1030. The van der Waals surface area contributed by atoms with Crippen LogP contribution in [0.5, 0.6) is 0 Å². The van der Waals surface area contributed by atoms with Crippen LogP contribution in [0, 0.1) is 11.8 Å². The molecule has 3 atom stereocenters. The van der Waals surface area contributed by atoms with E-state index in [0.717, 1.165) is 13.1 Å². The Morgan fingerprint density at radius 2 is 1.16 bits per heavy atom. The monoisotopic (exact) mass is 668 g/mol. The summed E-state index contributed by atoms with van der Waals surface area (Å²) in [7, 11) is 3.33. The van der Waals surface area contributed by atoms with E-state index in [-0.39, 0.29) is 41.0 Å². The van der Waals surface area contributed by atoms with Gasteiger partial charge in [-0.25, -0.2) is 6.07 Å². The topological polar surface area (TPSA) is 24.1 Å². The van der Waals surface area contributed by atoms with E-state index >= 15 is 0 Å². The van der Waals surface area contributed by atoms with E-state index in [0.29, 0.717) is 22.1 Å². The van der Waals surface area contributed by atoms with Gasteiger partial charge in [0.05, 0.1) is 0 Å². The molecule has 3 unspecified atom stereocenters. The van der Waals surface area contributed by atoms with Crippen molar-refractivity contribution in [2.24, 2.45) is 11.8 Å². The van der Waals surface area contributed by atoms with Crippen molar-refractivity contribution in [1.82, 2.24) is 10.6 Å². The largest absolute Gasteiger partial charge is 0.748 e. The van der Waals surface area contributed by atoms with Crippen molar-refractivity contribution in [3.63, 3.8) is 0 Å². The predicted molar refractivity (Wildman–Crippen MR) is 194 cm³/mol. The van der Waals surface area contributed by atoms with Crippen molar-refractivity contribution in [2.75, 3.05) is 26.2 Å². The molecule has 0 aliphatic carbocycles. The normalized spacial score (nSPS) is 21.9. The summed E-state index contributed by atoms with van der Waals surface area (Å²) in [4.78, 5) is 0. The molecular weight excluding hydrogens is 602 g/mol. The van der Waals surface area contributed by atoms with Crippen LogP contribution < -0.4 is 10.6 Å². The number of rotatable bonds is 5. The zero-order valence-electron chi connectivity index (χ0n) is 29.9. The van der Waals surface area contributed by atoms with Gasteiger partial charge in [-0.1, -0.05) is 94.7 Å². The Balaban J connectivity index is 0.000000973. The Labute approximate surface area is 281 Å². The van der Waals surface area contributed by atoms with E-state index in [2.05, 4.69) is 109 Å². The van der Waals surface area contributed by atoms with Crippen LogP contribution in [0.25, 0.3) is 0 Å². The minimum Gasteiger partial charge on any atom is -0.748 e. The molecule has 0 saturated carbocycles. The molecule has 0 spiro atoms. The molecule has 2 fully saturated rings. The third kappa shape index (κ3) is 9.75. The zero-order chi connectivity index (χ0) is 31.6. The maximum atomic E-state index is 3.81. The second kappa shape index (κ2) is 15.3. The van der Waals surface area contributed by atoms with Crippen molar-refractivity contribution < 1.29 is 17.1 Å². The molecule has 43 heavy (non-hydrogen) atoms. The number of nitrogens with one attached hydrogen (secondary N) is 2. The SMILES string of the molecule is CC(C)(C)c1cc(C(P)(C2CCCNC2)C2CCCNC2)[c-](CP(C(C)(C)C)C(C)(C)C)c1C(C)(C)C.[Fe].[cH-]1[cH-][cH-][cH-][cH-]1. The molecule has 5 heteroatoms. The van der Waals surface area contributed by atoms with Gasteiger partial charge in [-0.05, 0) is 84.6 Å². The summed E-state index contributed by atoms with van der Waals surface area (Å²) in [5.41, 5.74) is 6.92. The van der Waals surface area contributed by atoms with Gasteiger partial charge in [0.25, 0.3) is 0 Å². The van der Waals surface area contributed by atoms with E-state index in [1.807, 2.05) is 30.3 Å². The van der Waals surface area contributed by atoms with E-state index in [9.17, 15) is 0 Å². The number of hydrogen-bond acceptors (Lipinski definition) is 2. The molecule has 2 N–H and O–H groups in total. The average molecular weight is 669 g/mol. The molecule has 0 radical (unpaired) electrons. The second-order valence-corrected chi connectivity index (χ2v) is 22.0. The van der Waals surface area contributed by atoms with Crippen LogP contribution in [0.4, 0.5) is 0 Å². The van der Waals surface area contributed by atoms with Crippen LogP contribution in [-0.2, 0) is 39.2 Å². The average Bonchev–Trinajstić information content (AvgIpc) is 3.58. The Morgan fingerprint density at radius 1 is 0.744 bits per heavy atom. The summed E-state index contributed by atoms with van der Waals surface area (Å²) in [5, 5.41) is 8.34.